The number of methoxy groups -OCH3 is 3. The molecule has 0 bridgehead atoms. The number of aromatic hydroxyl groups is 1. The number of phenolic OH excluding ortho intramolecular Hbond substituents is 1. The van der Waals surface area contributed by atoms with Crippen LogP contribution in [0.3, 0.4) is 0 Å². The number of carboxylic acids is 1. The van der Waals surface area contributed by atoms with Gasteiger partial charge in [-0.25, -0.2) is 9.69 Å². The number of aliphatic carboxylic acids is 1. The van der Waals surface area contributed by atoms with Crippen molar-refractivity contribution in [3.63, 3.8) is 0 Å². The van der Waals surface area contributed by atoms with Gasteiger partial charge in [0.1, 0.15) is 28.4 Å². The van der Waals surface area contributed by atoms with Gasteiger partial charge in [0.15, 0.2) is 5.78 Å². The summed E-state index contributed by atoms with van der Waals surface area (Å²) in [4.78, 5) is 67.6. The van der Waals surface area contributed by atoms with Crippen molar-refractivity contribution in [3.05, 3.63) is 82.9 Å². The number of nitrogens with zero attached hydrogens (tertiary/aromatic N) is 1. The maximum atomic E-state index is 14.3. The summed E-state index contributed by atoms with van der Waals surface area (Å²) < 4.78 is 15.9. The van der Waals surface area contributed by atoms with Gasteiger partial charge in [0, 0.05) is 24.1 Å². The minimum absolute atomic E-state index is 0.0354. The predicted molar refractivity (Wildman–Crippen MR) is 155 cm³/mol. The first-order chi connectivity index (χ1) is 21.0. The Morgan fingerprint density at radius 1 is 0.932 bits per heavy atom. The number of rotatable bonds is 9. The molecular weight excluding hydrogens is 572 g/mol. The van der Waals surface area contributed by atoms with Crippen molar-refractivity contribution in [2.45, 2.75) is 24.9 Å². The Balaban J connectivity index is 1.74. The second-order valence-corrected chi connectivity index (χ2v) is 10.6. The van der Waals surface area contributed by atoms with E-state index in [9.17, 15) is 34.2 Å². The number of hydrogen-bond acceptors (Lipinski definition) is 10. The fraction of sp³-hybridized carbons (Fsp3) is 0.281. The van der Waals surface area contributed by atoms with E-state index in [-0.39, 0.29) is 46.3 Å². The van der Waals surface area contributed by atoms with Crippen LogP contribution >= 0.6 is 0 Å². The number of nitrogens with one attached hydrogen (secondary N) is 1. The van der Waals surface area contributed by atoms with Gasteiger partial charge in [0.05, 0.1) is 38.9 Å². The lowest BCUT2D eigenvalue weighted by Crippen LogP contribution is -2.57. The number of esters is 1. The molecule has 2 aliphatic rings. The van der Waals surface area contributed by atoms with E-state index in [0.717, 1.165) is 4.90 Å². The normalized spacial score (nSPS) is 22.5. The summed E-state index contributed by atoms with van der Waals surface area (Å²) in [5.74, 6) is -6.31. The number of benzene rings is 3. The first-order valence-corrected chi connectivity index (χ1v) is 13.6. The minimum Gasteiger partial charge on any atom is -0.508 e. The molecule has 0 radical (unpaired) electrons. The Hall–Kier alpha value is -5.23. The van der Waals surface area contributed by atoms with Crippen molar-refractivity contribution in [2.24, 2.45) is 11.8 Å². The van der Waals surface area contributed by atoms with Crippen LogP contribution in [0.1, 0.15) is 44.8 Å². The molecule has 5 rings (SSSR count). The van der Waals surface area contributed by atoms with Crippen molar-refractivity contribution in [1.29, 1.82) is 0 Å². The molecule has 2 amide bonds. The number of hydrogen-bond donors (Lipinski definition) is 3. The minimum atomic E-state index is -2.03. The van der Waals surface area contributed by atoms with Crippen molar-refractivity contribution in [2.75, 3.05) is 26.2 Å². The first kappa shape index (κ1) is 30.2. The van der Waals surface area contributed by atoms with Crippen LogP contribution in [0.15, 0.2) is 60.7 Å². The number of amides is 2. The molecule has 0 spiro atoms. The lowest BCUT2D eigenvalue weighted by molar-refractivity contribution is -0.148. The zero-order chi connectivity index (χ0) is 31.9. The highest BCUT2D eigenvalue weighted by molar-refractivity contribution is 6.24. The first-order valence-electron chi connectivity index (χ1n) is 13.6. The molecule has 2 heterocycles. The molecule has 2 fully saturated rings. The molecule has 3 aromatic carbocycles. The number of imide groups is 1. The van der Waals surface area contributed by atoms with Crippen molar-refractivity contribution < 1.29 is 48.4 Å². The summed E-state index contributed by atoms with van der Waals surface area (Å²) in [6.45, 7) is 1.38. The van der Waals surface area contributed by atoms with Gasteiger partial charge in [-0.1, -0.05) is 12.1 Å². The largest absolute Gasteiger partial charge is 0.508 e. The molecule has 4 unspecified atom stereocenters. The van der Waals surface area contributed by atoms with Crippen LogP contribution in [0.25, 0.3) is 0 Å². The average Bonchev–Trinajstić information content (AvgIpc) is 3.50. The van der Waals surface area contributed by atoms with Gasteiger partial charge in [-0.05, 0) is 60.5 Å². The highest BCUT2D eigenvalue weighted by Crippen LogP contribution is 2.52. The van der Waals surface area contributed by atoms with Crippen LogP contribution < -0.4 is 19.7 Å². The Labute approximate surface area is 252 Å². The zero-order valence-electron chi connectivity index (χ0n) is 24.3. The third-order valence-corrected chi connectivity index (χ3v) is 8.27. The number of anilines is 1. The van der Waals surface area contributed by atoms with Crippen molar-refractivity contribution >= 4 is 35.2 Å². The molecule has 3 N–H and O–H groups in total. The average molecular weight is 603 g/mol. The third-order valence-electron chi connectivity index (χ3n) is 8.27. The molecule has 4 atom stereocenters. The van der Waals surface area contributed by atoms with Gasteiger partial charge in [-0.3, -0.25) is 24.5 Å². The van der Waals surface area contributed by atoms with Crippen LogP contribution in [0.2, 0.25) is 0 Å². The van der Waals surface area contributed by atoms with Crippen LogP contribution in [0, 0.1) is 11.8 Å². The molecule has 0 aliphatic carbocycles. The molecule has 12 nitrogen and oxygen atoms in total. The van der Waals surface area contributed by atoms with Crippen LogP contribution in [0.4, 0.5) is 5.69 Å². The zero-order valence-corrected chi connectivity index (χ0v) is 24.3. The van der Waals surface area contributed by atoms with E-state index in [0.29, 0.717) is 11.1 Å². The highest BCUT2D eigenvalue weighted by atomic mass is 16.5. The number of phenols is 1. The van der Waals surface area contributed by atoms with Gasteiger partial charge < -0.3 is 24.4 Å². The molecular formula is C32H30N2O10. The second kappa shape index (κ2) is 11.5. The maximum absolute atomic E-state index is 14.3. The molecule has 0 aromatic heterocycles. The molecule has 12 heteroatoms. The fourth-order valence-corrected chi connectivity index (χ4v) is 6.20. The SMILES string of the molecule is COC(=O)c1c(OC)cc(OC)cc1C1NC(Cc2ccc(O)cc2)(C(=O)O)C2C(=O)N(c3ccc(C(C)=O)cc3)C(=O)C12. The van der Waals surface area contributed by atoms with Crippen LogP contribution in [0.5, 0.6) is 17.2 Å². The number of ketones is 1. The summed E-state index contributed by atoms with van der Waals surface area (Å²) in [7, 11) is 3.90. The monoisotopic (exact) mass is 602 g/mol. The molecule has 3 aromatic rings. The fourth-order valence-electron chi connectivity index (χ4n) is 6.20. The van der Waals surface area contributed by atoms with E-state index in [2.05, 4.69) is 5.32 Å². The van der Waals surface area contributed by atoms with Crippen molar-refractivity contribution in [1.82, 2.24) is 5.32 Å². The van der Waals surface area contributed by atoms with E-state index in [1.807, 2.05) is 0 Å². The number of ether oxygens (including phenoxy) is 3. The van der Waals surface area contributed by atoms with Gasteiger partial charge in [-0.15, -0.1) is 0 Å². The highest BCUT2D eigenvalue weighted by Gasteiger charge is 2.69. The molecule has 2 saturated heterocycles. The van der Waals surface area contributed by atoms with E-state index in [1.165, 1.54) is 88.9 Å². The Morgan fingerprint density at radius 3 is 2.14 bits per heavy atom. The Kier molecular flexibility index (Phi) is 7.87. The van der Waals surface area contributed by atoms with Gasteiger partial charge in [0.2, 0.25) is 11.8 Å². The maximum Gasteiger partial charge on any atom is 0.341 e. The lowest BCUT2D eigenvalue weighted by Gasteiger charge is -2.31. The van der Waals surface area contributed by atoms with Gasteiger partial charge in [-0.2, -0.15) is 0 Å². The molecule has 0 saturated carbocycles. The van der Waals surface area contributed by atoms with Crippen molar-refractivity contribution in [3.8, 4) is 17.2 Å². The Bertz CT molecular complexity index is 1670. The van der Waals surface area contributed by atoms with Gasteiger partial charge >= 0.3 is 11.9 Å². The van der Waals surface area contributed by atoms with E-state index < -0.39 is 47.2 Å². The summed E-state index contributed by atoms with van der Waals surface area (Å²) >= 11 is 0. The number of carbonyl (C=O) groups is 5. The van der Waals surface area contributed by atoms with Gasteiger partial charge in [0.25, 0.3) is 0 Å². The van der Waals surface area contributed by atoms with E-state index in [4.69, 9.17) is 14.2 Å². The van der Waals surface area contributed by atoms with E-state index >= 15 is 0 Å². The molecule has 228 valence electrons. The number of Topliss-reactive ketones (excluding diaryl/α,β-unsaturated/α-hetero) is 1. The number of fused-ring (bicyclic) bond motifs is 1. The predicted octanol–water partition coefficient (Wildman–Crippen LogP) is 2.91. The second-order valence-electron chi connectivity index (χ2n) is 10.6. The summed E-state index contributed by atoms with van der Waals surface area (Å²) in [6.07, 6.45) is -0.245. The quantitative estimate of drug-likeness (QED) is 0.187. The van der Waals surface area contributed by atoms with Crippen LogP contribution in [-0.4, -0.2) is 66.6 Å². The lowest BCUT2D eigenvalue weighted by atomic mass is 9.76. The standard InChI is InChI=1S/C32H30N2O10/c1-16(35)18-7-9-19(10-8-18)34-28(37)25-26(29(34)38)32(31(40)41,15-17-5-11-20(36)12-6-17)33-27(25)22-13-21(42-2)14-23(43-3)24(22)30(39)44-4/h5-14,25-27,33,36H,15H2,1-4H3,(H,40,41). The number of carboxylic acid groups (broad SMARTS) is 1. The smallest absolute Gasteiger partial charge is 0.341 e. The Morgan fingerprint density at radius 2 is 1.59 bits per heavy atom. The summed E-state index contributed by atoms with van der Waals surface area (Å²) in [5.41, 5.74) is -0.951. The molecule has 44 heavy (non-hydrogen) atoms. The molecule has 2 aliphatic heterocycles. The topological polar surface area (TPSA) is 169 Å². The third kappa shape index (κ3) is 4.82. The van der Waals surface area contributed by atoms with E-state index in [1.54, 1.807) is 0 Å². The summed E-state index contributed by atoms with van der Waals surface area (Å²) in [5, 5.41) is 23.7. The van der Waals surface area contributed by atoms with Crippen LogP contribution in [-0.2, 0) is 25.5 Å². The summed E-state index contributed by atoms with van der Waals surface area (Å²) in [6, 6.07) is 13.4. The number of carbonyl (C=O) groups excluding carboxylic acids is 4.